The van der Waals surface area contributed by atoms with Crippen LogP contribution in [0.5, 0.6) is 0 Å². The third kappa shape index (κ3) is 3.85. The first-order valence-electron chi connectivity index (χ1n) is 9.22. The van der Waals surface area contributed by atoms with Crippen LogP contribution < -0.4 is 0 Å². The SMILES string of the molecule is O=S(=O)(CCC1CCCC1)N1CC[C@@H](O)[C@H](C2CCCC2)C1. The van der Waals surface area contributed by atoms with E-state index in [0.717, 1.165) is 19.3 Å². The molecule has 0 amide bonds. The number of sulfonamides is 1. The minimum atomic E-state index is -3.13. The first-order valence-corrected chi connectivity index (χ1v) is 10.8. The summed E-state index contributed by atoms with van der Waals surface area (Å²) in [4.78, 5) is 0. The highest BCUT2D eigenvalue weighted by Crippen LogP contribution is 2.37. The second-order valence-electron chi connectivity index (χ2n) is 7.68. The van der Waals surface area contributed by atoms with E-state index in [0.29, 0.717) is 37.1 Å². The van der Waals surface area contributed by atoms with Crippen molar-refractivity contribution in [2.75, 3.05) is 18.8 Å². The van der Waals surface area contributed by atoms with Gasteiger partial charge in [-0.2, -0.15) is 0 Å². The van der Waals surface area contributed by atoms with Crippen LogP contribution in [0.25, 0.3) is 0 Å². The molecule has 3 fully saturated rings. The molecule has 0 unspecified atom stereocenters. The van der Waals surface area contributed by atoms with Gasteiger partial charge >= 0.3 is 0 Å². The van der Waals surface area contributed by atoms with Crippen molar-refractivity contribution in [3.05, 3.63) is 0 Å². The summed E-state index contributed by atoms with van der Waals surface area (Å²) in [6.07, 6.45) is 10.9. The molecule has 0 spiro atoms. The molecule has 3 rings (SSSR count). The highest BCUT2D eigenvalue weighted by atomic mass is 32.2. The maximum Gasteiger partial charge on any atom is 0.214 e. The van der Waals surface area contributed by atoms with Gasteiger partial charge in [-0.1, -0.05) is 51.4 Å². The average molecular weight is 330 g/mol. The fraction of sp³-hybridized carbons (Fsp3) is 1.00. The molecule has 4 nitrogen and oxygen atoms in total. The minimum Gasteiger partial charge on any atom is -0.393 e. The van der Waals surface area contributed by atoms with Crippen molar-refractivity contribution in [1.82, 2.24) is 4.31 Å². The Balaban J connectivity index is 1.57. The summed E-state index contributed by atoms with van der Waals surface area (Å²) in [5, 5.41) is 10.3. The van der Waals surface area contributed by atoms with Crippen LogP contribution in [0.4, 0.5) is 0 Å². The van der Waals surface area contributed by atoms with E-state index in [2.05, 4.69) is 0 Å². The fourth-order valence-corrected chi connectivity index (χ4v) is 6.46. The molecule has 1 saturated heterocycles. The Bertz CT molecular complexity index is 453. The highest BCUT2D eigenvalue weighted by molar-refractivity contribution is 7.89. The number of piperidine rings is 1. The zero-order chi connectivity index (χ0) is 15.6. The fourth-order valence-electron chi connectivity index (χ4n) is 4.78. The smallest absolute Gasteiger partial charge is 0.214 e. The molecule has 0 aromatic carbocycles. The quantitative estimate of drug-likeness (QED) is 0.844. The van der Waals surface area contributed by atoms with Crippen LogP contribution in [0.2, 0.25) is 0 Å². The summed E-state index contributed by atoms with van der Waals surface area (Å²) in [7, 11) is -3.13. The number of rotatable bonds is 5. The van der Waals surface area contributed by atoms with Crippen LogP contribution >= 0.6 is 0 Å². The van der Waals surface area contributed by atoms with E-state index in [1.807, 2.05) is 0 Å². The maximum absolute atomic E-state index is 12.7. The van der Waals surface area contributed by atoms with Crippen molar-refractivity contribution in [2.24, 2.45) is 17.8 Å². The summed E-state index contributed by atoms with van der Waals surface area (Å²) in [5.74, 6) is 1.63. The summed E-state index contributed by atoms with van der Waals surface area (Å²) >= 11 is 0. The van der Waals surface area contributed by atoms with E-state index in [1.165, 1.54) is 38.5 Å². The summed E-state index contributed by atoms with van der Waals surface area (Å²) in [5.41, 5.74) is 0. The summed E-state index contributed by atoms with van der Waals surface area (Å²) < 4.78 is 27.0. The van der Waals surface area contributed by atoms with Crippen LogP contribution in [0.3, 0.4) is 0 Å². The Morgan fingerprint density at radius 2 is 1.59 bits per heavy atom. The average Bonchev–Trinajstić information content (AvgIpc) is 3.19. The van der Waals surface area contributed by atoms with Crippen LogP contribution in [-0.2, 0) is 10.0 Å². The predicted octanol–water partition coefficient (Wildman–Crippen LogP) is 2.77. The normalized spacial score (nSPS) is 32.8. The van der Waals surface area contributed by atoms with Crippen molar-refractivity contribution in [3.63, 3.8) is 0 Å². The molecule has 3 aliphatic rings. The zero-order valence-electron chi connectivity index (χ0n) is 13.6. The summed E-state index contributed by atoms with van der Waals surface area (Å²) in [6.45, 7) is 1.07. The molecular weight excluding hydrogens is 298 g/mol. The molecule has 0 radical (unpaired) electrons. The first-order chi connectivity index (χ1) is 10.6. The lowest BCUT2D eigenvalue weighted by Crippen LogP contribution is -2.48. The molecular formula is C17H31NO3S. The van der Waals surface area contributed by atoms with Crippen molar-refractivity contribution < 1.29 is 13.5 Å². The van der Waals surface area contributed by atoms with E-state index in [9.17, 15) is 13.5 Å². The third-order valence-electron chi connectivity index (χ3n) is 6.24. The second kappa shape index (κ2) is 7.18. The molecule has 2 aliphatic carbocycles. The van der Waals surface area contributed by atoms with Gasteiger partial charge in [0.1, 0.15) is 0 Å². The van der Waals surface area contributed by atoms with Gasteiger partial charge in [-0.25, -0.2) is 12.7 Å². The molecule has 0 aromatic heterocycles. The number of hydrogen-bond donors (Lipinski definition) is 1. The largest absolute Gasteiger partial charge is 0.393 e. The molecule has 0 bridgehead atoms. The van der Waals surface area contributed by atoms with Gasteiger partial charge in [-0.15, -0.1) is 0 Å². The Hall–Kier alpha value is -0.130. The number of nitrogens with zero attached hydrogens (tertiary/aromatic N) is 1. The van der Waals surface area contributed by atoms with Gasteiger partial charge in [-0.05, 0) is 24.7 Å². The Morgan fingerprint density at radius 1 is 0.955 bits per heavy atom. The van der Waals surface area contributed by atoms with E-state index >= 15 is 0 Å². The van der Waals surface area contributed by atoms with E-state index < -0.39 is 10.0 Å². The molecule has 1 aliphatic heterocycles. The van der Waals surface area contributed by atoms with Crippen LogP contribution in [0.1, 0.15) is 64.2 Å². The molecule has 1 heterocycles. The molecule has 128 valence electrons. The number of aliphatic hydroxyl groups is 1. The highest BCUT2D eigenvalue weighted by Gasteiger charge is 2.38. The number of hydrogen-bond acceptors (Lipinski definition) is 3. The van der Waals surface area contributed by atoms with Gasteiger partial charge in [0.05, 0.1) is 11.9 Å². The van der Waals surface area contributed by atoms with Gasteiger partial charge < -0.3 is 5.11 Å². The van der Waals surface area contributed by atoms with Gasteiger partial charge in [0.25, 0.3) is 0 Å². The van der Waals surface area contributed by atoms with E-state index in [-0.39, 0.29) is 12.0 Å². The van der Waals surface area contributed by atoms with Gasteiger partial charge in [0, 0.05) is 19.0 Å². The molecule has 2 saturated carbocycles. The predicted molar refractivity (Wildman–Crippen MR) is 88.0 cm³/mol. The van der Waals surface area contributed by atoms with Gasteiger partial charge in [0.15, 0.2) is 0 Å². The third-order valence-corrected chi connectivity index (χ3v) is 8.11. The number of aliphatic hydroxyl groups excluding tert-OH is 1. The lowest BCUT2D eigenvalue weighted by atomic mass is 9.83. The van der Waals surface area contributed by atoms with Gasteiger partial charge in [0.2, 0.25) is 10.0 Å². The zero-order valence-corrected chi connectivity index (χ0v) is 14.4. The summed E-state index contributed by atoms with van der Waals surface area (Å²) in [6, 6.07) is 0. The lowest BCUT2D eigenvalue weighted by molar-refractivity contribution is 0.0241. The minimum absolute atomic E-state index is 0.164. The Morgan fingerprint density at radius 3 is 2.27 bits per heavy atom. The first kappa shape index (κ1) is 16.7. The van der Waals surface area contributed by atoms with Crippen LogP contribution in [0, 0.1) is 17.8 Å². The van der Waals surface area contributed by atoms with E-state index in [4.69, 9.17) is 0 Å². The topological polar surface area (TPSA) is 57.6 Å². The van der Waals surface area contributed by atoms with E-state index in [1.54, 1.807) is 4.31 Å². The standard InChI is InChI=1S/C17H31NO3S/c19-17-9-11-18(13-16(17)15-7-3-4-8-15)22(20,21)12-10-14-5-1-2-6-14/h14-17,19H,1-13H2/t16-,17+/m0/s1. The molecule has 2 atom stereocenters. The van der Waals surface area contributed by atoms with Gasteiger partial charge in [-0.3, -0.25) is 0 Å². The van der Waals surface area contributed by atoms with Crippen molar-refractivity contribution >= 4 is 10.0 Å². The second-order valence-corrected chi connectivity index (χ2v) is 9.77. The van der Waals surface area contributed by atoms with Crippen LogP contribution in [-0.4, -0.2) is 42.8 Å². The molecule has 5 heteroatoms. The Kier molecular flexibility index (Phi) is 5.46. The molecule has 22 heavy (non-hydrogen) atoms. The molecule has 1 N–H and O–H groups in total. The van der Waals surface area contributed by atoms with Crippen molar-refractivity contribution in [2.45, 2.75) is 70.3 Å². The maximum atomic E-state index is 12.7. The van der Waals surface area contributed by atoms with Crippen molar-refractivity contribution in [1.29, 1.82) is 0 Å². The van der Waals surface area contributed by atoms with Crippen LogP contribution in [0.15, 0.2) is 0 Å². The van der Waals surface area contributed by atoms with Crippen molar-refractivity contribution in [3.8, 4) is 0 Å². The Labute approximate surface area is 135 Å². The lowest BCUT2D eigenvalue weighted by Gasteiger charge is -2.38. The molecule has 0 aromatic rings. The monoisotopic (exact) mass is 329 g/mol.